The molecule has 0 saturated carbocycles. The molecular weight excluding hydrogens is 258 g/mol. The van der Waals surface area contributed by atoms with Gasteiger partial charge in [-0.1, -0.05) is 17.3 Å². The number of nitrogens with zero attached hydrogens (tertiary/aromatic N) is 1. The topological polar surface area (TPSA) is 94.6 Å². The van der Waals surface area contributed by atoms with Crippen LogP contribution in [0.2, 0.25) is 0 Å². The van der Waals surface area contributed by atoms with Crippen molar-refractivity contribution in [3.8, 4) is 0 Å². The zero-order valence-corrected chi connectivity index (χ0v) is 10.8. The van der Waals surface area contributed by atoms with Gasteiger partial charge in [-0.2, -0.15) is 0 Å². The summed E-state index contributed by atoms with van der Waals surface area (Å²) >= 11 is 0. The quantitative estimate of drug-likeness (QED) is 0.451. The lowest BCUT2D eigenvalue weighted by Crippen LogP contribution is -2.14. The van der Waals surface area contributed by atoms with Crippen LogP contribution in [0.4, 0.5) is 5.69 Å². The molecule has 1 aromatic carbocycles. The van der Waals surface area contributed by atoms with E-state index in [0.29, 0.717) is 17.0 Å². The molecule has 0 aliphatic rings. The number of anilines is 1. The minimum Gasteiger partial charge on any atom is -0.411 e. The van der Waals surface area contributed by atoms with E-state index in [9.17, 15) is 9.59 Å². The van der Waals surface area contributed by atoms with Gasteiger partial charge in [-0.25, -0.2) is 0 Å². The van der Waals surface area contributed by atoms with Gasteiger partial charge in [0.15, 0.2) is 0 Å². The summed E-state index contributed by atoms with van der Waals surface area (Å²) in [7, 11) is 0. The highest BCUT2D eigenvalue weighted by atomic mass is 16.4. The molecule has 0 aliphatic carbocycles. The number of hydrogen-bond donors (Lipinski definition) is 3. The first-order valence-electron chi connectivity index (χ1n) is 5.89. The maximum absolute atomic E-state index is 11.9. The van der Waals surface area contributed by atoms with E-state index in [1.54, 1.807) is 31.2 Å². The molecule has 0 aliphatic heterocycles. The van der Waals surface area contributed by atoms with Crippen LogP contribution < -0.4 is 10.9 Å². The molecule has 0 fully saturated rings. The van der Waals surface area contributed by atoms with Crippen LogP contribution in [0.15, 0.2) is 52.5 Å². The summed E-state index contributed by atoms with van der Waals surface area (Å²) < 4.78 is 0. The number of aromatic nitrogens is 1. The maximum atomic E-state index is 11.9. The van der Waals surface area contributed by atoms with Gasteiger partial charge in [-0.3, -0.25) is 9.59 Å². The molecule has 2 aromatic rings. The molecule has 1 heterocycles. The third-order valence-electron chi connectivity index (χ3n) is 2.76. The lowest BCUT2D eigenvalue weighted by Gasteiger charge is -2.06. The smallest absolute Gasteiger partial charge is 0.257 e. The van der Waals surface area contributed by atoms with Gasteiger partial charge in [0.1, 0.15) is 0 Å². The predicted molar refractivity (Wildman–Crippen MR) is 75.5 cm³/mol. The molecule has 3 N–H and O–H groups in total. The number of hydrogen-bond acceptors (Lipinski definition) is 4. The number of pyridine rings is 1. The van der Waals surface area contributed by atoms with E-state index in [1.807, 2.05) is 0 Å². The molecule has 6 heteroatoms. The first-order chi connectivity index (χ1) is 9.60. The predicted octanol–water partition coefficient (Wildman–Crippen LogP) is 1.83. The number of carbonyl (C=O) groups is 1. The summed E-state index contributed by atoms with van der Waals surface area (Å²) in [6.07, 6.45) is 1.36. The summed E-state index contributed by atoms with van der Waals surface area (Å²) in [6.45, 7) is 1.67. The van der Waals surface area contributed by atoms with Crippen molar-refractivity contribution in [1.29, 1.82) is 0 Å². The van der Waals surface area contributed by atoms with E-state index in [1.165, 1.54) is 18.3 Å². The standard InChI is InChI=1S/C14H13N3O3/c1-9(17-20)10-2-5-12(6-3-10)16-14(19)11-4-7-13(18)15-8-11/h2-8,20H,1H3,(H,15,18)(H,16,19)/b17-9-. The molecule has 20 heavy (non-hydrogen) atoms. The molecule has 0 radical (unpaired) electrons. The minimum atomic E-state index is -0.318. The van der Waals surface area contributed by atoms with Crippen LogP contribution in [0.25, 0.3) is 0 Å². The van der Waals surface area contributed by atoms with Crippen LogP contribution in [-0.4, -0.2) is 21.8 Å². The third-order valence-corrected chi connectivity index (χ3v) is 2.76. The first-order valence-corrected chi connectivity index (χ1v) is 5.89. The second-order valence-corrected chi connectivity index (χ2v) is 4.16. The van der Waals surface area contributed by atoms with Gasteiger partial charge < -0.3 is 15.5 Å². The Hall–Kier alpha value is -2.89. The van der Waals surface area contributed by atoms with Crippen molar-refractivity contribution in [1.82, 2.24) is 4.98 Å². The number of carbonyl (C=O) groups excluding carboxylic acids is 1. The van der Waals surface area contributed by atoms with Crippen molar-refractivity contribution in [2.24, 2.45) is 5.16 Å². The average Bonchev–Trinajstić information content (AvgIpc) is 2.48. The average molecular weight is 271 g/mol. The number of rotatable bonds is 3. The number of oxime groups is 1. The van der Waals surface area contributed by atoms with Gasteiger partial charge in [-0.15, -0.1) is 0 Å². The van der Waals surface area contributed by atoms with Crippen LogP contribution in [0.3, 0.4) is 0 Å². The SMILES string of the molecule is C/C(=N/O)c1ccc(NC(=O)c2ccc(=O)[nH]c2)cc1. The largest absolute Gasteiger partial charge is 0.411 e. The van der Waals surface area contributed by atoms with Crippen molar-refractivity contribution in [2.75, 3.05) is 5.32 Å². The molecule has 1 aromatic heterocycles. The van der Waals surface area contributed by atoms with E-state index in [4.69, 9.17) is 5.21 Å². The zero-order chi connectivity index (χ0) is 14.5. The Morgan fingerprint density at radius 3 is 2.35 bits per heavy atom. The zero-order valence-electron chi connectivity index (χ0n) is 10.8. The van der Waals surface area contributed by atoms with E-state index < -0.39 is 0 Å². The number of nitrogens with one attached hydrogen (secondary N) is 2. The maximum Gasteiger partial charge on any atom is 0.257 e. The molecule has 0 unspecified atom stereocenters. The van der Waals surface area contributed by atoms with E-state index in [2.05, 4.69) is 15.5 Å². The molecule has 0 spiro atoms. The summed E-state index contributed by atoms with van der Waals surface area (Å²) in [5.41, 5.74) is 1.96. The van der Waals surface area contributed by atoms with Crippen molar-refractivity contribution in [2.45, 2.75) is 6.92 Å². The summed E-state index contributed by atoms with van der Waals surface area (Å²) in [6, 6.07) is 9.61. The van der Waals surface area contributed by atoms with Gasteiger partial charge in [0.05, 0.1) is 11.3 Å². The Labute approximate surface area is 114 Å². The summed E-state index contributed by atoms with van der Waals surface area (Å²) in [5, 5.41) is 14.5. The van der Waals surface area contributed by atoms with Crippen LogP contribution in [-0.2, 0) is 0 Å². The van der Waals surface area contributed by atoms with E-state index in [-0.39, 0.29) is 11.5 Å². The van der Waals surface area contributed by atoms with E-state index >= 15 is 0 Å². The lowest BCUT2D eigenvalue weighted by atomic mass is 10.1. The molecule has 0 saturated heterocycles. The Morgan fingerprint density at radius 1 is 1.15 bits per heavy atom. The van der Waals surface area contributed by atoms with Crippen molar-refractivity contribution >= 4 is 17.3 Å². The Morgan fingerprint density at radius 2 is 1.80 bits per heavy atom. The number of H-pyrrole nitrogens is 1. The fourth-order valence-corrected chi connectivity index (χ4v) is 1.61. The van der Waals surface area contributed by atoms with Crippen molar-refractivity contribution in [3.05, 3.63) is 64.1 Å². The van der Waals surface area contributed by atoms with Crippen LogP contribution in [0, 0.1) is 0 Å². The molecule has 1 amide bonds. The first kappa shape index (κ1) is 13.5. The highest BCUT2D eigenvalue weighted by Gasteiger charge is 2.06. The van der Waals surface area contributed by atoms with Crippen molar-refractivity contribution in [3.63, 3.8) is 0 Å². The van der Waals surface area contributed by atoms with Crippen LogP contribution in [0.5, 0.6) is 0 Å². The minimum absolute atomic E-state index is 0.260. The fourth-order valence-electron chi connectivity index (χ4n) is 1.61. The monoisotopic (exact) mass is 271 g/mol. The lowest BCUT2D eigenvalue weighted by molar-refractivity contribution is 0.102. The number of amides is 1. The Kier molecular flexibility index (Phi) is 3.95. The summed E-state index contributed by atoms with van der Waals surface area (Å²) in [4.78, 5) is 25.3. The molecule has 102 valence electrons. The third kappa shape index (κ3) is 3.11. The van der Waals surface area contributed by atoms with Gasteiger partial charge in [-0.05, 0) is 30.7 Å². The van der Waals surface area contributed by atoms with Gasteiger partial charge in [0.2, 0.25) is 5.56 Å². The molecule has 2 rings (SSSR count). The van der Waals surface area contributed by atoms with Crippen LogP contribution in [0.1, 0.15) is 22.8 Å². The Balaban J connectivity index is 2.12. The highest BCUT2D eigenvalue weighted by molar-refractivity contribution is 6.04. The fraction of sp³-hybridized carbons (Fsp3) is 0.0714. The second kappa shape index (κ2) is 5.83. The molecule has 0 bridgehead atoms. The normalized spacial score (nSPS) is 11.2. The van der Waals surface area contributed by atoms with Gasteiger partial charge in [0.25, 0.3) is 5.91 Å². The Bertz CT molecular complexity index is 682. The van der Waals surface area contributed by atoms with E-state index in [0.717, 1.165) is 5.56 Å². The molecular formula is C14H13N3O3. The molecule has 6 nitrogen and oxygen atoms in total. The highest BCUT2D eigenvalue weighted by Crippen LogP contribution is 2.11. The second-order valence-electron chi connectivity index (χ2n) is 4.16. The van der Waals surface area contributed by atoms with Gasteiger partial charge in [0, 0.05) is 18.0 Å². The van der Waals surface area contributed by atoms with Gasteiger partial charge >= 0.3 is 0 Å². The van der Waals surface area contributed by atoms with Crippen molar-refractivity contribution < 1.29 is 10.0 Å². The number of benzene rings is 1. The van der Waals surface area contributed by atoms with Crippen LogP contribution >= 0.6 is 0 Å². The number of aromatic amines is 1. The summed E-state index contributed by atoms with van der Waals surface area (Å²) in [5.74, 6) is -0.318. The molecule has 0 atom stereocenters.